The fraction of sp³-hybridized carbons (Fsp3) is 0.111. The zero-order valence-corrected chi connectivity index (χ0v) is 12.2. The van der Waals surface area contributed by atoms with Crippen molar-refractivity contribution in [2.24, 2.45) is 0 Å². The summed E-state index contributed by atoms with van der Waals surface area (Å²) in [6.45, 7) is 3.70. The Morgan fingerprint density at radius 2 is 1.68 bits per heavy atom. The first kappa shape index (κ1) is 14.1. The minimum atomic E-state index is -1.04. The number of carbonyl (C=O) groups excluding carboxylic acids is 1. The molecule has 4 nitrogen and oxygen atoms in total. The van der Waals surface area contributed by atoms with Gasteiger partial charge in [-0.05, 0) is 54.3 Å². The van der Waals surface area contributed by atoms with E-state index in [9.17, 15) is 14.7 Å². The van der Waals surface area contributed by atoms with Crippen LogP contribution in [0, 0.1) is 13.8 Å². The van der Waals surface area contributed by atoms with E-state index in [1.807, 2.05) is 32.0 Å². The number of aliphatic carboxylic acids is 1. The van der Waals surface area contributed by atoms with E-state index in [2.05, 4.69) is 0 Å². The number of carboxylic acid groups (broad SMARTS) is 1. The number of phenols is 1. The monoisotopic (exact) mass is 294 g/mol. The Balaban J connectivity index is 2.08. The predicted molar refractivity (Wildman–Crippen MR) is 83.0 cm³/mol. The van der Waals surface area contributed by atoms with Gasteiger partial charge in [-0.25, -0.2) is 4.79 Å². The average molecular weight is 294 g/mol. The number of phenolic OH excluding ortho intramolecular Hbond substituents is 1. The summed E-state index contributed by atoms with van der Waals surface area (Å²) in [6, 6.07) is 8.47. The molecule has 3 rings (SSSR count). The number of aryl methyl sites for hydroxylation is 2. The first-order chi connectivity index (χ1) is 10.4. The van der Waals surface area contributed by atoms with Crippen LogP contribution in [0.15, 0.2) is 30.3 Å². The van der Waals surface area contributed by atoms with Gasteiger partial charge < -0.3 is 10.2 Å². The van der Waals surface area contributed by atoms with Crippen LogP contribution >= 0.6 is 0 Å². The van der Waals surface area contributed by atoms with Gasteiger partial charge in [-0.2, -0.15) is 0 Å². The molecule has 2 aromatic rings. The van der Waals surface area contributed by atoms with Crippen LogP contribution in [-0.4, -0.2) is 22.0 Å². The molecule has 4 heteroatoms. The molecule has 0 bridgehead atoms. The maximum Gasteiger partial charge on any atom is 0.336 e. The highest BCUT2D eigenvalue weighted by Crippen LogP contribution is 2.38. The number of fused-ring (bicyclic) bond motifs is 1. The highest BCUT2D eigenvalue weighted by molar-refractivity contribution is 6.27. The second kappa shape index (κ2) is 4.84. The van der Waals surface area contributed by atoms with Gasteiger partial charge in [-0.15, -0.1) is 0 Å². The quantitative estimate of drug-likeness (QED) is 0.853. The van der Waals surface area contributed by atoms with Crippen molar-refractivity contribution in [3.05, 3.63) is 63.7 Å². The van der Waals surface area contributed by atoms with Gasteiger partial charge >= 0.3 is 5.97 Å². The summed E-state index contributed by atoms with van der Waals surface area (Å²) in [7, 11) is 0. The molecule has 1 aliphatic carbocycles. The van der Waals surface area contributed by atoms with Crippen LogP contribution < -0.4 is 0 Å². The maximum absolute atomic E-state index is 12.7. The smallest absolute Gasteiger partial charge is 0.336 e. The number of benzene rings is 2. The molecule has 1 aliphatic rings. The van der Waals surface area contributed by atoms with E-state index in [0.29, 0.717) is 16.7 Å². The molecule has 0 amide bonds. The third-order valence-electron chi connectivity index (χ3n) is 3.94. The summed E-state index contributed by atoms with van der Waals surface area (Å²) in [5.74, 6) is -1.49. The number of hydrogen-bond donors (Lipinski definition) is 2. The van der Waals surface area contributed by atoms with Gasteiger partial charge in [-0.1, -0.05) is 18.2 Å². The molecule has 0 aliphatic heterocycles. The van der Waals surface area contributed by atoms with Crippen LogP contribution in [0.2, 0.25) is 0 Å². The number of carbonyl (C=O) groups is 2. The summed E-state index contributed by atoms with van der Waals surface area (Å²) < 4.78 is 0. The minimum Gasteiger partial charge on any atom is -0.507 e. The number of carboxylic acids is 1. The molecule has 0 spiro atoms. The molecule has 0 fully saturated rings. The summed E-state index contributed by atoms with van der Waals surface area (Å²) in [5.41, 5.74) is 3.71. The Hall–Kier alpha value is -2.88. The van der Waals surface area contributed by atoms with E-state index >= 15 is 0 Å². The second-order valence-electron chi connectivity index (χ2n) is 5.42. The highest BCUT2D eigenvalue weighted by Gasteiger charge is 2.26. The van der Waals surface area contributed by atoms with Crippen LogP contribution in [0.5, 0.6) is 5.75 Å². The van der Waals surface area contributed by atoms with Crippen LogP contribution in [-0.2, 0) is 4.79 Å². The number of aromatic hydroxyl groups is 1. The van der Waals surface area contributed by atoms with Gasteiger partial charge in [0.2, 0.25) is 0 Å². The molecule has 0 atom stereocenters. The van der Waals surface area contributed by atoms with Gasteiger partial charge in [0, 0.05) is 5.56 Å². The molecule has 0 radical (unpaired) electrons. The Morgan fingerprint density at radius 1 is 1.05 bits per heavy atom. The minimum absolute atomic E-state index is 0.149. The van der Waals surface area contributed by atoms with E-state index < -0.39 is 5.97 Å². The Morgan fingerprint density at radius 3 is 2.27 bits per heavy atom. The van der Waals surface area contributed by atoms with Crippen molar-refractivity contribution in [1.82, 2.24) is 0 Å². The number of rotatable bonds is 3. The lowest BCUT2D eigenvalue weighted by Gasteiger charge is -2.19. The van der Waals surface area contributed by atoms with Gasteiger partial charge in [0.15, 0.2) is 5.78 Å². The standard InChI is InChI=1S/C18H14O4/c1-9-4-3-5-10(2)16(9)17(20)14-7-11-6-13(18(21)22)12(11)8-15(14)19/h3-8,19H,1-2H3,(H,21,22). The first-order valence-corrected chi connectivity index (χ1v) is 6.83. The normalized spacial score (nSPS) is 12.2. The van der Waals surface area contributed by atoms with Crippen molar-refractivity contribution in [3.63, 3.8) is 0 Å². The molecule has 22 heavy (non-hydrogen) atoms. The fourth-order valence-corrected chi connectivity index (χ4v) is 2.78. The molecular formula is C18H14O4. The molecule has 0 aromatic heterocycles. The average Bonchev–Trinajstić information content (AvgIpc) is 2.41. The van der Waals surface area contributed by atoms with Gasteiger partial charge in [0.05, 0.1) is 11.1 Å². The molecular weight excluding hydrogens is 280 g/mol. The van der Waals surface area contributed by atoms with Gasteiger partial charge in [0.1, 0.15) is 5.75 Å². The molecule has 0 saturated carbocycles. The number of hydrogen-bond acceptors (Lipinski definition) is 3. The molecule has 2 N–H and O–H groups in total. The lowest BCUT2D eigenvalue weighted by atomic mass is 9.84. The summed E-state index contributed by atoms with van der Waals surface area (Å²) in [4.78, 5) is 23.7. The molecule has 0 saturated heterocycles. The van der Waals surface area contributed by atoms with Crippen molar-refractivity contribution in [2.75, 3.05) is 0 Å². The van der Waals surface area contributed by atoms with E-state index in [-0.39, 0.29) is 22.7 Å². The molecule has 110 valence electrons. The van der Waals surface area contributed by atoms with Crippen molar-refractivity contribution in [3.8, 4) is 5.75 Å². The lowest BCUT2D eigenvalue weighted by molar-refractivity contribution is -0.130. The van der Waals surface area contributed by atoms with Crippen LogP contribution in [0.1, 0.15) is 38.2 Å². The Bertz CT molecular complexity index is 839. The SMILES string of the molecule is Cc1cccc(C)c1C(=O)c1cc2c(cc1O)C(C(=O)O)=C2. The van der Waals surface area contributed by atoms with Crippen LogP contribution in [0.4, 0.5) is 0 Å². The van der Waals surface area contributed by atoms with Crippen LogP contribution in [0.3, 0.4) is 0 Å². The lowest BCUT2D eigenvalue weighted by Crippen LogP contribution is -2.12. The topological polar surface area (TPSA) is 74.6 Å². The Kier molecular flexibility index (Phi) is 3.10. The molecule has 0 unspecified atom stereocenters. The largest absolute Gasteiger partial charge is 0.507 e. The Labute approximate surface area is 127 Å². The molecule has 2 aromatic carbocycles. The van der Waals surface area contributed by atoms with E-state index in [4.69, 9.17) is 5.11 Å². The van der Waals surface area contributed by atoms with E-state index in [1.165, 1.54) is 12.1 Å². The van der Waals surface area contributed by atoms with E-state index in [1.54, 1.807) is 6.07 Å². The maximum atomic E-state index is 12.7. The van der Waals surface area contributed by atoms with Crippen molar-refractivity contribution >= 4 is 23.4 Å². The first-order valence-electron chi connectivity index (χ1n) is 6.83. The summed E-state index contributed by atoms with van der Waals surface area (Å²) in [6.07, 6.45) is 1.50. The van der Waals surface area contributed by atoms with Crippen molar-refractivity contribution in [1.29, 1.82) is 0 Å². The number of ketones is 1. The summed E-state index contributed by atoms with van der Waals surface area (Å²) in [5, 5.41) is 19.1. The van der Waals surface area contributed by atoms with Gasteiger partial charge in [0.25, 0.3) is 0 Å². The van der Waals surface area contributed by atoms with E-state index in [0.717, 1.165) is 11.1 Å². The third kappa shape index (κ3) is 2.00. The fourth-order valence-electron chi connectivity index (χ4n) is 2.78. The predicted octanol–water partition coefficient (Wildman–Crippen LogP) is 3.18. The zero-order chi connectivity index (χ0) is 16.0. The highest BCUT2D eigenvalue weighted by atomic mass is 16.4. The third-order valence-corrected chi connectivity index (χ3v) is 3.94. The molecule has 0 heterocycles. The van der Waals surface area contributed by atoms with Crippen molar-refractivity contribution < 1.29 is 19.8 Å². The second-order valence-corrected chi connectivity index (χ2v) is 5.42. The zero-order valence-electron chi connectivity index (χ0n) is 12.2. The van der Waals surface area contributed by atoms with Gasteiger partial charge in [-0.3, -0.25) is 4.79 Å². The summed E-state index contributed by atoms with van der Waals surface area (Å²) >= 11 is 0. The van der Waals surface area contributed by atoms with Crippen molar-refractivity contribution in [2.45, 2.75) is 13.8 Å². The van der Waals surface area contributed by atoms with Crippen LogP contribution in [0.25, 0.3) is 11.6 Å².